The summed E-state index contributed by atoms with van der Waals surface area (Å²) in [6.07, 6.45) is 1.68. The van der Waals surface area contributed by atoms with Gasteiger partial charge in [0.15, 0.2) is 5.78 Å². The third kappa shape index (κ3) is 2.05. The summed E-state index contributed by atoms with van der Waals surface area (Å²) < 4.78 is 0. The number of benzene rings is 1. The topological polar surface area (TPSA) is 17.1 Å². The number of rotatable bonds is 3. The minimum absolute atomic E-state index is 0.114. The standard InChI is InChI=1S/C12H14O/c1-4-12(2,3)11(13)10-8-6-5-7-9-10/h4-9H,1H2,2-3H3. The van der Waals surface area contributed by atoms with Crippen molar-refractivity contribution in [1.29, 1.82) is 0 Å². The molecule has 1 rings (SSSR count). The van der Waals surface area contributed by atoms with E-state index in [1.807, 2.05) is 44.2 Å². The van der Waals surface area contributed by atoms with Crippen molar-refractivity contribution in [2.45, 2.75) is 13.8 Å². The molecule has 0 saturated heterocycles. The zero-order valence-corrected chi connectivity index (χ0v) is 8.08. The summed E-state index contributed by atoms with van der Waals surface area (Å²) in [6, 6.07) is 9.29. The first-order chi connectivity index (χ1) is 6.08. The molecular formula is C12H14O. The molecule has 0 aliphatic rings. The summed E-state index contributed by atoms with van der Waals surface area (Å²) in [7, 11) is 0. The van der Waals surface area contributed by atoms with Crippen LogP contribution in [0.1, 0.15) is 24.2 Å². The van der Waals surface area contributed by atoms with Crippen LogP contribution in [0, 0.1) is 5.41 Å². The molecule has 0 N–H and O–H groups in total. The lowest BCUT2D eigenvalue weighted by Gasteiger charge is -2.17. The molecule has 0 fully saturated rings. The largest absolute Gasteiger partial charge is 0.293 e. The number of allylic oxidation sites excluding steroid dienone is 1. The fourth-order valence-corrected chi connectivity index (χ4v) is 1.05. The van der Waals surface area contributed by atoms with E-state index < -0.39 is 5.41 Å². The number of carbonyl (C=O) groups is 1. The van der Waals surface area contributed by atoms with Gasteiger partial charge in [-0.1, -0.05) is 36.4 Å². The Labute approximate surface area is 79.1 Å². The predicted molar refractivity (Wildman–Crippen MR) is 54.8 cm³/mol. The highest BCUT2D eigenvalue weighted by Gasteiger charge is 2.24. The second kappa shape index (κ2) is 3.56. The Morgan fingerprint density at radius 1 is 1.31 bits per heavy atom. The van der Waals surface area contributed by atoms with Crippen LogP contribution < -0.4 is 0 Å². The SMILES string of the molecule is C=CC(C)(C)C(=O)c1ccccc1. The Morgan fingerprint density at radius 2 is 1.85 bits per heavy atom. The monoisotopic (exact) mass is 174 g/mol. The molecule has 0 unspecified atom stereocenters. The Kier molecular flexibility index (Phi) is 2.66. The molecule has 0 spiro atoms. The van der Waals surface area contributed by atoms with Gasteiger partial charge >= 0.3 is 0 Å². The highest BCUT2D eigenvalue weighted by molar-refractivity contribution is 6.01. The van der Waals surface area contributed by atoms with Gasteiger partial charge in [-0.2, -0.15) is 0 Å². The Hall–Kier alpha value is -1.37. The van der Waals surface area contributed by atoms with Crippen LogP contribution in [0.2, 0.25) is 0 Å². The molecule has 1 nitrogen and oxygen atoms in total. The molecular weight excluding hydrogens is 160 g/mol. The van der Waals surface area contributed by atoms with Gasteiger partial charge in [0.1, 0.15) is 0 Å². The number of hydrogen-bond donors (Lipinski definition) is 0. The fraction of sp³-hybridized carbons (Fsp3) is 0.250. The van der Waals surface area contributed by atoms with E-state index in [9.17, 15) is 4.79 Å². The summed E-state index contributed by atoms with van der Waals surface area (Å²) >= 11 is 0. The molecule has 0 aliphatic heterocycles. The van der Waals surface area contributed by atoms with Gasteiger partial charge < -0.3 is 0 Å². The number of ketones is 1. The van der Waals surface area contributed by atoms with E-state index >= 15 is 0 Å². The average Bonchev–Trinajstić information content (AvgIpc) is 2.18. The normalized spacial score (nSPS) is 10.9. The van der Waals surface area contributed by atoms with Crippen molar-refractivity contribution in [2.75, 3.05) is 0 Å². The third-order valence-electron chi connectivity index (χ3n) is 2.13. The van der Waals surface area contributed by atoms with Crippen molar-refractivity contribution >= 4 is 5.78 Å². The van der Waals surface area contributed by atoms with E-state index in [0.29, 0.717) is 0 Å². The van der Waals surface area contributed by atoms with Crippen LogP contribution in [0.3, 0.4) is 0 Å². The molecule has 13 heavy (non-hydrogen) atoms. The van der Waals surface area contributed by atoms with Crippen LogP contribution >= 0.6 is 0 Å². The molecule has 0 aromatic heterocycles. The van der Waals surface area contributed by atoms with Gasteiger partial charge in [0.2, 0.25) is 0 Å². The second-order valence-corrected chi connectivity index (χ2v) is 3.62. The molecule has 0 heterocycles. The van der Waals surface area contributed by atoms with Crippen molar-refractivity contribution in [3.8, 4) is 0 Å². The van der Waals surface area contributed by atoms with Gasteiger partial charge in [-0.05, 0) is 13.8 Å². The Morgan fingerprint density at radius 3 is 2.31 bits per heavy atom. The molecule has 0 aliphatic carbocycles. The van der Waals surface area contributed by atoms with Gasteiger partial charge in [0.25, 0.3) is 0 Å². The highest BCUT2D eigenvalue weighted by Crippen LogP contribution is 2.22. The summed E-state index contributed by atoms with van der Waals surface area (Å²) in [4.78, 5) is 11.8. The predicted octanol–water partition coefficient (Wildman–Crippen LogP) is 3.08. The zero-order chi connectivity index (χ0) is 9.90. The van der Waals surface area contributed by atoms with E-state index in [0.717, 1.165) is 5.56 Å². The maximum absolute atomic E-state index is 11.8. The molecule has 0 atom stereocenters. The van der Waals surface area contributed by atoms with Crippen molar-refractivity contribution in [3.63, 3.8) is 0 Å². The molecule has 68 valence electrons. The first kappa shape index (κ1) is 9.72. The van der Waals surface area contributed by atoms with Crippen molar-refractivity contribution in [1.82, 2.24) is 0 Å². The first-order valence-corrected chi connectivity index (χ1v) is 4.31. The second-order valence-electron chi connectivity index (χ2n) is 3.62. The summed E-state index contributed by atoms with van der Waals surface area (Å²) in [5.41, 5.74) is 0.272. The molecule has 0 amide bonds. The Bertz CT molecular complexity index is 309. The van der Waals surface area contributed by atoms with Crippen LogP contribution in [-0.2, 0) is 0 Å². The zero-order valence-electron chi connectivity index (χ0n) is 8.08. The van der Waals surface area contributed by atoms with Gasteiger partial charge in [-0.3, -0.25) is 4.79 Å². The summed E-state index contributed by atoms with van der Waals surface area (Å²) in [5, 5.41) is 0. The fourth-order valence-electron chi connectivity index (χ4n) is 1.05. The molecule has 0 radical (unpaired) electrons. The van der Waals surface area contributed by atoms with Crippen LogP contribution in [0.15, 0.2) is 43.0 Å². The quantitative estimate of drug-likeness (QED) is 0.508. The van der Waals surface area contributed by atoms with E-state index in [1.165, 1.54) is 0 Å². The lowest BCUT2D eigenvalue weighted by atomic mass is 9.84. The van der Waals surface area contributed by atoms with Gasteiger partial charge in [0.05, 0.1) is 0 Å². The van der Waals surface area contributed by atoms with E-state index in [-0.39, 0.29) is 5.78 Å². The third-order valence-corrected chi connectivity index (χ3v) is 2.13. The smallest absolute Gasteiger partial charge is 0.172 e. The van der Waals surface area contributed by atoms with Crippen molar-refractivity contribution in [3.05, 3.63) is 48.6 Å². The summed E-state index contributed by atoms with van der Waals surface area (Å²) in [6.45, 7) is 7.40. The lowest BCUT2D eigenvalue weighted by molar-refractivity contribution is 0.0886. The number of carbonyl (C=O) groups excluding carboxylic acids is 1. The molecule has 1 aromatic rings. The first-order valence-electron chi connectivity index (χ1n) is 4.31. The van der Waals surface area contributed by atoms with Gasteiger partial charge in [0, 0.05) is 11.0 Å². The van der Waals surface area contributed by atoms with Crippen molar-refractivity contribution < 1.29 is 4.79 Å². The summed E-state index contributed by atoms with van der Waals surface area (Å²) in [5.74, 6) is 0.114. The van der Waals surface area contributed by atoms with E-state index in [2.05, 4.69) is 6.58 Å². The van der Waals surface area contributed by atoms with Crippen LogP contribution in [0.4, 0.5) is 0 Å². The highest BCUT2D eigenvalue weighted by atomic mass is 16.1. The van der Waals surface area contributed by atoms with Gasteiger partial charge in [-0.15, -0.1) is 6.58 Å². The Balaban J connectivity index is 2.99. The van der Waals surface area contributed by atoms with Crippen LogP contribution in [-0.4, -0.2) is 5.78 Å². The lowest BCUT2D eigenvalue weighted by Crippen LogP contribution is -2.21. The molecule has 1 heteroatoms. The number of hydrogen-bond acceptors (Lipinski definition) is 1. The maximum atomic E-state index is 11.8. The van der Waals surface area contributed by atoms with Crippen molar-refractivity contribution in [2.24, 2.45) is 5.41 Å². The number of Topliss-reactive ketones (excluding diaryl/α,β-unsaturated/α-hetero) is 1. The molecule has 0 saturated carbocycles. The van der Waals surface area contributed by atoms with Crippen LogP contribution in [0.25, 0.3) is 0 Å². The average molecular weight is 174 g/mol. The molecule has 0 bridgehead atoms. The van der Waals surface area contributed by atoms with Crippen LogP contribution in [0.5, 0.6) is 0 Å². The molecule has 1 aromatic carbocycles. The minimum atomic E-state index is -0.471. The minimum Gasteiger partial charge on any atom is -0.293 e. The van der Waals surface area contributed by atoms with E-state index in [4.69, 9.17) is 0 Å². The van der Waals surface area contributed by atoms with E-state index in [1.54, 1.807) is 6.08 Å². The maximum Gasteiger partial charge on any atom is 0.172 e. The van der Waals surface area contributed by atoms with Gasteiger partial charge in [-0.25, -0.2) is 0 Å².